The van der Waals surface area contributed by atoms with Crippen LogP contribution in [-0.2, 0) is 21.4 Å². The normalized spacial score (nSPS) is 12.2. The molecule has 30 heavy (non-hydrogen) atoms. The number of rotatable bonds is 9. The summed E-state index contributed by atoms with van der Waals surface area (Å²) in [6, 6.07) is 16.1. The molecule has 1 atom stereocenters. The first-order chi connectivity index (χ1) is 14.4. The van der Waals surface area contributed by atoms with Crippen molar-refractivity contribution in [3.05, 3.63) is 72.7 Å². The van der Waals surface area contributed by atoms with Gasteiger partial charge in [0.2, 0.25) is 10.0 Å². The van der Waals surface area contributed by atoms with Gasteiger partial charge in [-0.3, -0.25) is 4.79 Å². The number of hydrogen-bond acceptors (Lipinski definition) is 6. The van der Waals surface area contributed by atoms with Crippen molar-refractivity contribution in [1.82, 2.24) is 4.72 Å². The molecule has 0 bridgehead atoms. The topological polar surface area (TPSA) is 107 Å². The van der Waals surface area contributed by atoms with Crippen LogP contribution < -0.4 is 19.5 Å². The lowest BCUT2D eigenvalue weighted by molar-refractivity contribution is -0.122. The zero-order valence-corrected chi connectivity index (χ0v) is 17.3. The third-order valence-electron chi connectivity index (χ3n) is 4.19. The molecule has 3 aromatic rings. The Morgan fingerprint density at radius 3 is 2.30 bits per heavy atom. The highest BCUT2D eigenvalue weighted by Gasteiger charge is 2.17. The second-order valence-corrected chi connectivity index (χ2v) is 8.12. The largest absolute Gasteiger partial charge is 0.497 e. The van der Waals surface area contributed by atoms with Gasteiger partial charge in [-0.1, -0.05) is 0 Å². The Balaban J connectivity index is 1.56. The van der Waals surface area contributed by atoms with Gasteiger partial charge in [-0.2, -0.15) is 0 Å². The van der Waals surface area contributed by atoms with Crippen molar-refractivity contribution in [2.24, 2.45) is 0 Å². The van der Waals surface area contributed by atoms with Crippen LogP contribution in [0.4, 0.5) is 5.69 Å². The van der Waals surface area contributed by atoms with Crippen molar-refractivity contribution in [3.8, 4) is 11.5 Å². The van der Waals surface area contributed by atoms with Gasteiger partial charge in [-0.05, 0) is 67.6 Å². The molecule has 8 nitrogen and oxygen atoms in total. The smallest absolute Gasteiger partial charge is 0.265 e. The second-order valence-electron chi connectivity index (χ2n) is 6.35. The molecule has 0 aliphatic rings. The van der Waals surface area contributed by atoms with Crippen molar-refractivity contribution < 1.29 is 27.1 Å². The molecule has 0 radical (unpaired) electrons. The number of sulfonamides is 1. The molecule has 0 aliphatic carbocycles. The summed E-state index contributed by atoms with van der Waals surface area (Å²) in [7, 11) is -2.13. The average molecular weight is 430 g/mol. The fourth-order valence-electron chi connectivity index (χ4n) is 2.54. The Labute approximate surface area is 174 Å². The zero-order chi connectivity index (χ0) is 21.6. The van der Waals surface area contributed by atoms with E-state index >= 15 is 0 Å². The lowest BCUT2D eigenvalue weighted by Gasteiger charge is -2.15. The van der Waals surface area contributed by atoms with E-state index in [1.54, 1.807) is 50.4 Å². The maximum atomic E-state index is 12.4. The number of benzene rings is 2. The molecule has 0 spiro atoms. The van der Waals surface area contributed by atoms with Gasteiger partial charge in [0.15, 0.2) is 6.10 Å². The maximum absolute atomic E-state index is 12.4. The molecule has 1 aromatic heterocycles. The molecule has 1 unspecified atom stereocenters. The van der Waals surface area contributed by atoms with Crippen LogP contribution in [0.2, 0.25) is 0 Å². The standard InChI is InChI=1S/C21H22N2O6S/c1-15(29-18-9-7-17(27-2)8-10-18)21(24)23-16-5-11-20(12-6-16)30(25,26)22-14-19-4-3-13-28-19/h3-13,15,22H,14H2,1-2H3,(H,23,24). The minimum absolute atomic E-state index is 0.0496. The summed E-state index contributed by atoms with van der Waals surface area (Å²) in [4.78, 5) is 12.4. The molecule has 1 amide bonds. The van der Waals surface area contributed by atoms with E-state index in [-0.39, 0.29) is 17.3 Å². The van der Waals surface area contributed by atoms with Gasteiger partial charge in [0, 0.05) is 5.69 Å². The van der Waals surface area contributed by atoms with Gasteiger partial charge in [-0.15, -0.1) is 0 Å². The van der Waals surface area contributed by atoms with Gasteiger partial charge in [0.1, 0.15) is 17.3 Å². The zero-order valence-electron chi connectivity index (χ0n) is 16.5. The molecule has 9 heteroatoms. The van der Waals surface area contributed by atoms with E-state index in [9.17, 15) is 13.2 Å². The van der Waals surface area contributed by atoms with E-state index < -0.39 is 16.1 Å². The van der Waals surface area contributed by atoms with Crippen molar-refractivity contribution in [2.45, 2.75) is 24.5 Å². The summed E-state index contributed by atoms with van der Waals surface area (Å²) in [6.45, 7) is 1.67. The molecule has 2 aromatic carbocycles. The Morgan fingerprint density at radius 2 is 1.70 bits per heavy atom. The van der Waals surface area contributed by atoms with Gasteiger partial charge in [-0.25, -0.2) is 13.1 Å². The number of carbonyl (C=O) groups is 1. The van der Waals surface area contributed by atoms with E-state index in [0.29, 0.717) is 22.9 Å². The number of ether oxygens (including phenoxy) is 2. The number of anilines is 1. The molecule has 0 saturated heterocycles. The van der Waals surface area contributed by atoms with Crippen LogP contribution >= 0.6 is 0 Å². The molecular formula is C21H22N2O6S. The fourth-order valence-corrected chi connectivity index (χ4v) is 3.53. The van der Waals surface area contributed by atoms with Gasteiger partial charge >= 0.3 is 0 Å². The van der Waals surface area contributed by atoms with E-state index in [4.69, 9.17) is 13.9 Å². The van der Waals surface area contributed by atoms with Crippen LogP contribution in [0.25, 0.3) is 0 Å². The lowest BCUT2D eigenvalue weighted by Crippen LogP contribution is -2.30. The van der Waals surface area contributed by atoms with Gasteiger partial charge < -0.3 is 19.2 Å². The molecule has 1 heterocycles. The molecule has 158 valence electrons. The van der Waals surface area contributed by atoms with Crippen LogP contribution in [0.3, 0.4) is 0 Å². The predicted molar refractivity (Wildman–Crippen MR) is 111 cm³/mol. The van der Waals surface area contributed by atoms with Gasteiger partial charge in [0.05, 0.1) is 24.8 Å². The summed E-state index contributed by atoms with van der Waals surface area (Å²) in [5.74, 6) is 1.36. The highest BCUT2D eigenvalue weighted by atomic mass is 32.2. The number of amides is 1. The summed E-state index contributed by atoms with van der Waals surface area (Å²) >= 11 is 0. The van der Waals surface area contributed by atoms with Gasteiger partial charge in [0.25, 0.3) is 5.91 Å². The minimum Gasteiger partial charge on any atom is -0.497 e. The van der Waals surface area contributed by atoms with Crippen LogP contribution in [0.1, 0.15) is 12.7 Å². The third kappa shape index (κ3) is 5.62. The van der Waals surface area contributed by atoms with E-state index in [2.05, 4.69) is 10.0 Å². The first-order valence-electron chi connectivity index (χ1n) is 9.11. The third-order valence-corrected chi connectivity index (χ3v) is 5.61. The SMILES string of the molecule is COc1ccc(OC(C)C(=O)Nc2ccc(S(=O)(=O)NCc3ccco3)cc2)cc1. The fraction of sp³-hybridized carbons (Fsp3) is 0.190. The minimum atomic E-state index is -3.70. The Bertz CT molecular complexity index is 1060. The van der Waals surface area contributed by atoms with Crippen molar-refractivity contribution >= 4 is 21.6 Å². The number of carbonyl (C=O) groups excluding carboxylic acids is 1. The number of methoxy groups -OCH3 is 1. The molecule has 0 aliphatic heterocycles. The Kier molecular flexibility index (Phi) is 6.76. The van der Waals surface area contributed by atoms with Crippen LogP contribution in [0, 0.1) is 0 Å². The monoisotopic (exact) mass is 430 g/mol. The summed E-state index contributed by atoms with van der Waals surface area (Å²) < 4.78 is 43.0. The second kappa shape index (κ2) is 9.47. The molecule has 0 saturated carbocycles. The van der Waals surface area contributed by atoms with Crippen molar-refractivity contribution in [2.75, 3.05) is 12.4 Å². The predicted octanol–water partition coefficient (Wildman–Crippen LogP) is 3.17. The van der Waals surface area contributed by atoms with Crippen LogP contribution in [0.5, 0.6) is 11.5 Å². The summed E-state index contributed by atoms with van der Waals surface area (Å²) in [5, 5.41) is 2.70. The van der Waals surface area contributed by atoms with Crippen molar-refractivity contribution in [1.29, 1.82) is 0 Å². The van der Waals surface area contributed by atoms with E-state index in [1.807, 2.05) is 0 Å². The molecule has 3 rings (SSSR count). The quantitative estimate of drug-likeness (QED) is 0.540. The number of hydrogen-bond donors (Lipinski definition) is 2. The summed E-state index contributed by atoms with van der Waals surface area (Å²) in [6.07, 6.45) is 0.720. The van der Waals surface area contributed by atoms with Crippen LogP contribution in [-0.4, -0.2) is 27.5 Å². The number of nitrogens with one attached hydrogen (secondary N) is 2. The molecule has 2 N–H and O–H groups in total. The highest BCUT2D eigenvalue weighted by molar-refractivity contribution is 7.89. The molecule has 0 fully saturated rings. The van der Waals surface area contributed by atoms with E-state index in [1.165, 1.54) is 30.5 Å². The van der Waals surface area contributed by atoms with Crippen molar-refractivity contribution in [3.63, 3.8) is 0 Å². The first-order valence-corrected chi connectivity index (χ1v) is 10.6. The number of furan rings is 1. The Morgan fingerprint density at radius 1 is 1.03 bits per heavy atom. The maximum Gasteiger partial charge on any atom is 0.265 e. The average Bonchev–Trinajstić information content (AvgIpc) is 3.27. The summed E-state index contributed by atoms with van der Waals surface area (Å²) in [5.41, 5.74) is 0.454. The van der Waals surface area contributed by atoms with Crippen LogP contribution in [0.15, 0.2) is 76.2 Å². The Hall–Kier alpha value is -3.30. The lowest BCUT2D eigenvalue weighted by atomic mass is 10.3. The first kappa shape index (κ1) is 21.4. The van der Waals surface area contributed by atoms with E-state index in [0.717, 1.165) is 0 Å². The molecular weight excluding hydrogens is 408 g/mol. The highest BCUT2D eigenvalue weighted by Crippen LogP contribution is 2.19.